The lowest BCUT2D eigenvalue weighted by Gasteiger charge is -2.35. The molecule has 1 rings (SSSR count). The van der Waals surface area contributed by atoms with Gasteiger partial charge in [-0.25, -0.2) is 4.79 Å². The number of alkyl carbamates (subject to hydrolysis) is 1. The maximum atomic E-state index is 12.4. The molecule has 0 aromatic heterocycles. The van der Waals surface area contributed by atoms with Gasteiger partial charge in [-0.05, 0) is 70.7 Å². The highest BCUT2D eigenvalue weighted by atomic mass is 28.4. The zero-order chi connectivity index (χ0) is 23.9. The SMILES string of the molecule is C=C(OCC)c1ccc(C[C@@H](CCCC(C)(C)[Si](C)(C)O)NC(=O)OC(C)(C)C)cc1. The second-order valence-electron chi connectivity index (χ2n) is 10.4. The summed E-state index contributed by atoms with van der Waals surface area (Å²) in [5, 5.41) is 2.97. The Hall–Kier alpha value is -1.79. The minimum absolute atomic E-state index is 0.0462. The summed E-state index contributed by atoms with van der Waals surface area (Å²) < 4.78 is 10.9. The van der Waals surface area contributed by atoms with E-state index in [1.165, 1.54) is 0 Å². The molecule has 0 saturated carbocycles. The lowest BCUT2D eigenvalue weighted by atomic mass is 9.97. The highest BCUT2D eigenvalue weighted by molar-refractivity contribution is 6.72. The molecule has 0 aliphatic rings. The van der Waals surface area contributed by atoms with Crippen molar-refractivity contribution in [2.45, 2.75) is 97.0 Å². The van der Waals surface area contributed by atoms with Crippen LogP contribution in [0.15, 0.2) is 30.8 Å². The summed E-state index contributed by atoms with van der Waals surface area (Å²) in [4.78, 5) is 23.0. The molecule has 31 heavy (non-hydrogen) atoms. The number of amides is 1. The number of nitrogens with one attached hydrogen (secondary N) is 1. The van der Waals surface area contributed by atoms with E-state index in [0.717, 1.165) is 30.4 Å². The summed E-state index contributed by atoms with van der Waals surface area (Å²) in [6.07, 6.45) is 2.98. The number of hydrogen-bond acceptors (Lipinski definition) is 4. The van der Waals surface area contributed by atoms with E-state index in [9.17, 15) is 9.59 Å². The van der Waals surface area contributed by atoms with Gasteiger partial charge in [0.2, 0.25) is 0 Å². The Kier molecular flexibility index (Phi) is 9.83. The molecule has 1 aromatic carbocycles. The summed E-state index contributed by atoms with van der Waals surface area (Å²) in [6.45, 7) is 20.3. The van der Waals surface area contributed by atoms with Crippen LogP contribution in [0.25, 0.3) is 5.76 Å². The van der Waals surface area contributed by atoms with Gasteiger partial charge in [0, 0.05) is 11.6 Å². The lowest BCUT2D eigenvalue weighted by molar-refractivity contribution is 0.0501. The average molecular weight is 450 g/mol. The fourth-order valence-corrected chi connectivity index (χ4v) is 3.95. The largest absolute Gasteiger partial charge is 0.494 e. The molecule has 1 amide bonds. The number of carbonyl (C=O) groups excluding carboxylic acids is 1. The van der Waals surface area contributed by atoms with Gasteiger partial charge in [0.1, 0.15) is 11.4 Å². The standard InChI is InChI=1S/C25H43NO4Si/c1-10-29-19(2)21-15-13-20(14-16-21)18-22(26-23(27)30-24(3,4)5)12-11-17-25(6,7)31(8,9)28/h13-16,22,28H,2,10-12,17-18H2,1,3-9H3,(H,26,27)/t22-/m1/s1. The van der Waals surface area contributed by atoms with Crippen molar-refractivity contribution in [2.24, 2.45) is 0 Å². The Morgan fingerprint density at radius 3 is 2.23 bits per heavy atom. The van der Waals surface area contributed by atoms with Crippen molar-refractivity contribution in [2.75, 3.05) is 6.61 Å². The van der Waals surface area contributed by atoms with Gasteiger partial charge in [-0.15, -0.1) is 0 Å². The Morgan fingerprint density at radius 1 is 1.16 bits per heavy atom. The number of carbonyl (C=O) groups is 1. The van der Waals surface area contributed by atoms with Crippen LogP contribution in [0.4, 0.5) is 4.79 Å². The van der Waals surface area contributed by atoms with Gasteiger partial charge in [0.05, 0.1) is 6.61 Å². The summed E-state index contributed by atoms with van der Waals surface area (Å²) in [6, 6.07) is 8.06. The van der Waals surface area contributed by atoms with E-state index in [2.05, 4.69) is 37.9 Å². The van der Waals surface area contributed by atoms with E-state index >= 15 is 0 Å². The van der Waals surface area contributed by atoms with Crippen LogP contribution in [0.5, 0.6) is 0 Å². The minimum atomic E-state index is -2.25. The molecule has 0 radical (unpaired) electrons. The quantitative estimate of drug-likeness (QED) is 0.308. The number of rotatable bonds is 11. The Morgan fingerprint density at radius 2 is 1.74 bits per heavy atom. The maximum absolute atomic E-state index is 12.4. The summed E-state index contributed by atoms with van der Waals surface area (Å²) in [5.41, 5.74) is 1.55. The van der Waals surface area contributed by atoms with Crippen LogP contribution in [0.2, 0.25) is 18.1 Å². The van der Waals surface area contributed by atoms with Crippen LogP contribution in [0, 0.1) is 0 Å². The molecule has 0 heterocycles. The van der Waals surface area contributed by atoms with Crippen LogP contribution < -0.4 is 5.32 Å². The molecule has 0 saturated heterocycles. The smallest absolute Gasteiger partial charge is 0.407 e. The molecule has 0 aliphatic carbocycles. The molecule has 0 spiro atoms. The molecular weight excluding hydrogens is 406 g/mol. The molecule has 0 bridgehead atoms. The van der Waals surface area contributed by atoms with Crippen molar-refractivity contribution in [3.05, 3.63) is 42.0 Å². The molecule has 0 fully saturated rings. The second kappa shape index (κ2) is 11.2. The molecule has 1 aromatic rings. The molecule has 6 heteroatoms. The third kappa shape index (κ3) is 9.91. The third-order valence-electron chi connectivity index (χ3n) is 5.81. The lowest BCUT2D eigenvalue weighted by Crippen LogP contribution is -2.41. The van der Waals surface area contributed by atoms with Crippen LogP contribution in [0.1, 0.15) is 71.9 Å². The Bertz CT molecular complexity index is 715. The van der Waals surface area contributed by atoms with Crippen molar-refractivity contribution in [1.82, 2.24) is 5.32 Å². The summed E-state index contributed by atoms with van der Waals surface area (Å²) in [5.74, 6) is 0.662. The zero-order valence-electron chi connectivity index (χ0n) is 20.8. The first-order valence-corrected chi connectivity index (χ1v) is 14.2. The van der Waals surface area contributed by atoms with Crippen LogP contribution in [0.3, 0.4) is 0 Å². The van der Waals surface area contributed by atoms with Gasteiger partial charge in [0.15, 0.2) is 8.32 Å². The predicted octanol–water partition coefficient (Wildman–Crippen LogP) is 6.28. The van der Waals surface area contributed by atoms with Gasteiger partial charge in [-0.3, -0.25) is 0 Å². The third-order valence-corrected chi connectivity index (χ3v) is 9.37. The van der Waals surface area contributed by atoms with Gasteiger partial charge >= 0.3 is 6.09 Å². The molecule has 0 unspecified atom stereocenters. The average Bonchev–Trinajstić information content (AvgIpc) is 2.59. The minimum Gasteiger partial charge on any atom is -0.494 e. The van der Waals surface area contributed by atoms with Crippen molar-refractivity contribution in [1.29, 1.82) is 0 Å². The summed E-state index contributed by atoms with van der Waals surface area (Å²) >= 11 is 0. The van der Waals surface area contributed by atoms with Crippen molar-refractivity contribution in [3.63, 3.8) is 0 Å². The van der Waals surface area contributed by atoms with Gasteiger partial charge in [0.25, 0.3) is 0 Å². The van der Waals surface area contributed by atoms with E-state index in [-0.39, 0.29) is 11.1 Å². The molecular formula is C25H43NO4Si. The monoisotopic (exact) mass is 449 g/mol. The Balaban J connectivity index is 2.84. The van der Waals surface area contributed by atoms with Gasteiger partial charge < -0.3 is 19.6 Å². The topological polar surface area (TPSA) is 67.8 Å². The van der Waals surface area contributed by atoms with Crippen molar-refractivity contribution < 1.29 is 19.1 Å². The van der Waals surface area contributed by atoms with E-state index in [1.807, 2.05) is 52.9 Å². The zero-order valence-corrected chi connectivity index (χ0v) is 21.8. The van der Waals surface area contributed by atoms with Crippen LogP contribution in [-0.4, -0.2) is 37.5 Å². The van der Waals surface area contributed by atoms with E-state index in [4.69, 9.17) is 9.47 Å². The number of hydrogen-bond donors (Lipinski definition) is 2. The fraction of sp³-hybridized carbons (Fsp3) is 0.640. The molecule has 5 nitrogen and oxygen atoms in total. The first-order chi connectivity index (χ1) is 14.1. The Labute approximate surface area is 190 Å². The summed E-state index contributed by atoms with van der Waals surface area (Å²) in [7, 11) is -2.25. The molecule has 1 atom stereocenters. The first kappa shape index (κ1) is 27.2. The van der Waals surface area contributed by atoms with Crippen LogP contribution in [-0.2, 0) is 15.9 Å². The fourth-order valence-electron chi connectivity index (χ4n) is 3.16. The maximum Gasteiger partial charge on any atom is 0.407 e. The first-order valence-electron chi connectivity index (χ1n) is 11.3. The van der Waals surface area contributed by atoms with E-state index < -0.39 is 20.0 Å². The van der Waals surface area contributed by atoms with Crippen molar-refractivity contribution >= 4 is 20.2 Å². The molecule has 2 N–H and O–H groups in total. The number of benzene rings is 1. The van der Waals surface area contributed by atoms with Crippen LogP contribution >= 0.6 is 0 Å². The van der Waals surface area contributed by atoms with E-state index in [1.54, 1.807) is 0 Å². The predicted molar refractivity (Wildman–Crippen MR) is 132 cm³/mol. The van der Waals surface area contributed by atoms with Crippen molar-refractivity contribution in [3.8, 4) is 0 Å². The molecule has 0 aliphatic heterocycles. The van der Waals surface area contributed by atoms with Gasteiger partial charge in [-0.1, -0.05) is 51.1 Å². The second-order valence-corrected chi connectivity index (χ2v) is 14.9. The highest BCUT2D eigenvalue weighted by Gasteiger charge is 2.37. The molecule has 176 valence electrons. The van der Waals surface area contributed by atoms with E-state index in [0.29, 0.717) is 18.8 Å². The normalized spacial score (nSPS) is 13.5. The van der Waals surface area contributed by atoms with Gasteiger partial charge in [-0.2, -0.15) is 0 Å². The number of ether oxygens (including phenoxy) is 2. The highest BCUT2D eigenvalue weighted by Crippen LogP contribution is 2.40.